The molecule has 1 aromatic carbocycles. The highest BCUT2D eigenvalue weighted by molar-refractivity contribution is 7.12. The fraction of sp³-hybridized carbons (Fsp3) is 0.167. The van der Waals surface area contributed by atoms with Crippen molar-refractivity contribution < 1.29 is 10.2 Å². The molecular weight excluding hydrogens is 294 g/mol. The van der Waals surface area contributed by atoms with Gasteiger partial charge in [0.2, 0.25) is 0 Å². The number of hydrogen-bond acceptors (Lipinski definition) is 4. The summed E-state index contributed by atoms with van der Waals surface area (Å²) in [6.07, 6.45) is 1.95. The normalized spacial score (nSPS) is 13.8. The van der Waals surface area contributed by atoms with Crippen molar-refractivity contribution in [1.29, 1.82) is 0 Å². The van der Waals surface area contributed by atoms with Crippen molar-refractivity contribution >= 4 is 11.3 Å². The van der Waals surface area contributed by atoms with Crippen LogP contribution >= 0.6 is 11.3 Å². The summed E-state index contributed by atoms with van der Waals surface area (Å²) in [4.78, 5) is 5.65. The van der Waals surface area contributed by atoms with E-state index in [-0.39, 0.29) is 0 Å². The second kappa shape index (κ2) is 6.40. The summed E-state index contributed by atoms with van der Waals surface area (Å²) < 4.78 is 0. The van der Waals surface area contributed by atoms with E-state index in [1.807, 2.05) is 49.4 Å². The van der Waals surface area contributed by atoms with Gasteiger partial charge < -0.3 is 10.2 Å². The number of thiophene rings is 1. The molecule has 2 heterocycles. The quantitative estimate of drug-likeness (QED) is 0.774. The van der Waals surface area contributed by atoms with Crippen molar-refractivity contribution in [2.24, 2.45) is 0 Å². The van der Waals surface area contributed by atoms with Gasteiger partial charge in [0.15, 0.2) is 0 Å². The first-order valence-corrected chi connectivity index (χ1v) is 7.89. The Hall–Kier alpha value is -2.01. The summed E-state index contributed by atoms with van der Waals surface area (Å²) in [6.45, 7) is 2.02. The zero-order valence-electron chi connectivity index (χ0n) is 12.2. The van der Waals surface area contributed by atoms with Gasteiger partial charge in [0.25, 0.3) is 0 Å². The topological polar surface area (TPSA) is 53.4 Å². The van der Waals surface area contributed by atoms with Crippen molar-refractivity contribution in [3.63, 3.8) is 0 Å². The largest absolute Gasteiger partial charge is 0.383 e. The van der Waals surface area contributed by atoms with Gasteiger partial charge in [-0.2, -0.15) is 0 Å². The first-order valence-electron chi connectivity index (χ1n) is 7.07. The summed E-state index contributed by atoms with van der Waals surface area (Å²) >= 11 is 1.42. The molecule has 0 aliphatic carbocycles. The Balaban J connectivity index is 1.83. The van der Waals surface area contributed by atoms with Gasteiger partial charge in [-0.1, -0.05) is 35.9 Å². The number of hydrogen-bond donors (Lipinski definition) is 2. The Morgan fingerprint density at radius 2 is 1.50 bits per heavy atom. The van der Waals surface area contributed by atoms with Crippen molar-refractivity contribution in [3.8, 4) is 0 Å². The summed E-state index contributed by atoms with van der Waals surface area (Å²) in [7, 11) is 0. The van der Waals surface area contributed by atoms with Gasteiger partial charge in [-0.25, -0.2) is 0 Å². The van der Waals surface area contributed by atoms with Crippen LogP contribution in [-0.4, -0.2) is 15.2 Å². The number of rotatable bonds is 4. The number of aromatic nitrogens is 1. The number of aliphatic hydroxyl groups is 2. The summed E-state index contributed by atoms with van der Waals surface area (Å²) in [5.74, 6) is 0. The number of benzene rings is 1. The Morgan fingerprint density at radius 3 is 2.09 bits per heavy atom. The lowest BCUT2D eigenvalue weighted by molar-refractivity contribution is 0.223. The number of nitrogens with zero attached hydrogens (tertiary/aromatic N) is 1. The highest BCUT2D eigenvalue weighted by Crippen LogP contribution is 2.33. The lowest BCUT2D eigenvalue weighted by atomic mass is 10.1. The Kier molecular flexibility index (Phi) is 4.34. The standard InChI is InChI=1S/C18H17NO2S/c1-12-4-6-13(7-5-12)17(20)15-8-9-16(22-15)18(21)14-3-2-10-19-11-14/h2-11,17-18,20-21H,1H3. The third kappa shape index (κ3) is 3.09. The van der Waals surface area contributed by atoms with Crippen molar-refractivity contribution in [3.05, 3.63) is 87.4 Å². The zero-order chi connectivity index (χ0) is 15.5. The second-order valence-electron chi connectivity index (χ2n) is 5.24. The minimum Gasteiger partial charge on any atom is -0.383 e. The van der Waals surface area contributed by atoms with Crippen LogP contribution < -0.4 is 0 Å². The van der Waals surface area contributed by atoms with E-state index in [2.05, 4.69) is 4.98 Å². The molecule has 0 spiro atoms. The van der Waals surface area contributed by atoms with E-state index in [0.29, 0.717) is 0 Å². The Morgan fingerprint density at radius 1 is 0.864 bits per heavy atom. The average molecular weight is 311 g/mol. The molecule has 0 saturated heterocycles. The summed E-state index contributed by atoms with van der Waals surface area (Å²) in [5.41, 5.74) is 2.77. The molecular formula is C18H17NO2S. The predicted molar refractivity (Wildman–Crippen MR) is 87.9 cm³/mol. The van der Waals surface area contributed by atoms with Gasteiger partial charge in [0, 0.05) is 27.7 Å². The molecule has 0 aliphatic heterocycles. The monoisotopic (exact) mass is 311 g/mol. The molecule has 3 aromatic rings. The van der Waals surface area contributed by atoms with Crippen LogP contribution in [0.4, 0.5) is 0 Å². The minimum atomic E-state index is -0.710. The molecule has 2 atom stereocenters. The molecule has 4 heteroatoms. The van der Waals surface area contributed by atoms with Crippen LogP contribution in [0.2, 0.25) is 0 Å². The van der Waals surface area contributed by atoms with E-state index in [9.17, 15) is 10.2 Å². The molecule has 0 saturated carbocycles. The first kappa shape index (κ1) is 14.9. The fourth-order valence-electron chi connectivity index (χ4n) is 2.28. The van der Waals surface area contributed by atoms with Crippen LogP contribution in [0.15, 0.2) is 60.9 Å². The Bertz CT molecular complexity index is 737. The zero-order valence-corrected chi connectivity index (χ0v) is 13.0. The van der Waals surface area contributed by atoms with E-state index in [1.54, 1.807) is 18.5 Å². The van der Waals surface area contributed by atoms with Crippen LogP contribution in [0, 0.1) is 6.92 Å². The molecule has 2 unspecified atom stereocenters. The first-order chi connectivity index (χ1) is 10.6. The third-order valence-corrected chi connectivity index (χ3v) is 4.77. The molecule has 2 aromatic heterocycles. The lowest BCUT2D eigenvalue weighted by Gasteiger charge is -2.10. The molecule has 2 N–H and O–H groups in total. The van der Waals surface area contributed by atoms with E-state index in [1.165, 1.54) is 11.3 Å². The molecule has 22 heavy (non-hydrogen) atoms. The summed E-state index contributed by atoms with van der Waals surface area (Å²) in [6, 6.07) is 15.2. The van der Waals surface area contributed by atoms with E-state index >= 15 is 0 Å². The highest BCUT2D eigenvalue weighted by atomic mass is 32.1. The van der Waals surface area contributed by atoms with Crippen LogP contribution in [0.3, 0.4) is 0 Å². The molecule has 112 valence electrons. The third-order valence-electron chi connectivity index (χ3n) is 3.58. The number of aliphatic hydroxyl groups excluding tert-OH is 2. The Labute approximate surface area is 133 Å². The molecule has 0 radical (unpaired) electrons. The SMILES string of the molecule is Cc1ccc(C(O)c2ccc(C(O)c3cccnc3)s2)cc1. The van der Waals surface area contributed by atoms with Crippen LogP contribution in [-0.2, 0) is 0 Å². The van der Waals surface area contributed by atoms with Gasteiger partial charge >= 0.3 is 0 Å². The molecule has 0 bridgehead atoms. The van der Waals surface area contributed by atoms with E-state index in [4.69, 9.17) is 0 Å². The molecule has 0 amide bonds. The van der Waals surface area contributed by atoms with E-state index in [0.717, 1.165) is 26.4 Å². The number of pyridine rings is 1. The van der Waals surface area contributed by atoms with Gasteiger partial charge in [0.05, 0.1) is 0 Å². The van der Waals surface area contributed by atoms with Gasteiger partial charge in [-0.15, -0.1) is 11.3 Å². The smallest absolute Gasteiger partial charge is 0.115 e. The maximum atomic E-state index is 10.5. The fourth-order valence-corrected chi connectivity index (χ4v) is 3.32. The van der Waals surface area contributed by atoms with Crippen molar-refractivity contribution in [2.75, 3.05) is 0 Å². The highest BCUT2D eigenvalue weighted by Gasteiger charge is 2.17. The molecule has 0 fully saturated rings. The van der Waals surface area contributed by atoms with Crippen molar-refractivity contribution in [1.82, 2.24) is 4.98 Å². The lowest BCUT2D eigenvalue weighted by Crippen LogP contribution is -1.98. The minimum absolute atomic E-state index is 0.666. The average Bonchev–Trinajstić information content (AvgIpc) is 3.05. The second-order valence-corrected chi connectivity index (χ2v) is 6.39. The maximum absolute atomic E-state index is 10.5. The van der Waals surface area contributed by atoms with E-state index < -0.39 is 12.2 Å². The molecule has 3 rings (SSSR count). The van der Waals surface area contributed by atoms with Crippen LogP contribution in [0.25, 0.3) is 0 Å². The molecule has 3 nitrogen and oxygen atoms in total. The number of aryl methyl sites for hydroxylation is 1. The van der Waals surface area contributed by atoms with Gasteiger partial charge in [-0.3, -0.25) is 4.98 Å². The molecule has 0 aliphatic rings. The van der Waals surface area contributed by atoms with Gasteiger partial charge in [0.1, 0.15) is 12.2 Å². The van der Waals surface area contributed by atoms with Crippen LogP contribution in [0.5, 0.6) is 0 Å². The van der Waals surface area contributed by atoms with Gasteiger partial charge in [-0.05, 0) is 30.7 Å². The predicted octanol–water partition coefficient (Wildman–Crippen LogP) is 3.61. The maximum Gasteiger partial charge on any atom is 0.115 e. The van der Waals surface area contributed by atoms with Crippen LogP contribution in [0.1, 0.15) is 38.7 Å². The van der Waals surface area contributed by atoms with Crippen molar-refractivity contribution in [2.45, 2.75) is 19.1 Å². The summed E-state index contributed by atoms with van der Waals surface area (Å²) in [5, 5.41) is 20.8.